The lowest BCUT2D eigenvalue weighted by atomic mass is 9.77. The lowest BCUT2D eigenvalue weighted by molar-refractivity contribution is -0.111. The van der Waals surface area contributed by atoms with Crippen LogP contribution >= 0.6 is 0 Å². The first-order chi connectivity index (χ1) is 12.7. The number of benzene rings is 2. The summed E-state index contributed by atoms with van der Waals surface area (Å²) in [6.45, 7) is 16.0. The van der Waals surface area contributed by atoms with Crippen LogP contribution in [0.1, 0.15) is 58.2 Å². The molecule has 0 aliphatic carbocycles. The minimum atomic E-state index is -0.379. The number of aromatic hydroxyl groups is 2. The molecular formula is C23H30N2O3. The SMILES string of the molecule is C=C(C(=O)Nc1ccc(O)c(N)c1)c1cc(C(C)(C)C)c(O)c(C(C)(C)C)c1. The number of hydrogen-bond acceptors (Lipinski definition) is 4. The van der Waals surface area contributed by atoms with E-state index in [-0.39, 0.29) is 39.5 Å². The summed E-state index contributed by atoms with van der Waals surface area (Å²) in [6, 6.07) is 8.10. The fourth-order valence-electron chi connectivity index (χ4n) is 2.92. The Bertz CT molecular complexity index is 897. The van der Waals surface area contributed by atoms with Crippen LogP contribution in [0.4, 0.5) is 11.4 Å². The predicted octanol–water partition coefficient (Wildman–Crippen LogP) is 4.93. The average molecular weight is 383 g/mol. The lowest BCUT2D eigenvalue weighted by Gasteiger charge is -2.28. The van der Waals surface area contributed by atoms with Crippen molar-refractivity contribution in [2.45, 2.75) is 52.4 Å². The van der Waals surface area contributed by atoms with Crippen LogP contribution in [0.25, 0.3) is 5.57 Å². The summed E-state index contributed by atoms with van der Waals surface area (Å²) in [4.78, 5) is 12.7. The highest BCUT2D eigenvalue weighted by Gasteiger charge is 2.27. The van der Waals surface area contributed by atoms with Gasteiger partial charge in [0.15, 0.2) is 0 Å². The van der Waals surface area contributed by atoms with Gasteiger partial charge in [0.1, 0.15) is 11.5 Å². The standard InChI is InChI=1S/C23H30N2O3/c1-13(21(28)25-15-8-9-19(26)18(24)12-15)14-10-16(22(2,3)4)20(27)17(11-14)23(5,6)7/h8-12,26-27H,1,24H2,2-7H3,(H,25,28). The van der Waals surface area contributed by atoms with Crippen LogP contribution < -0.4 is 11.1 Å². The molecule has 0 bridgehead atoms. The van der Waals surface area contributed by atoms with Gasteiger partial charge in [-0.05, 0) is 46.7 Å². The highest BCUT2D eigenvalue weighted by atomic mass is 16.3. The average Bonchev–Trinajstić information content (AvgIpc) is 2.55. The zero-order valence-electron chi connectivity index (χ0n) is 17.5. The summed E-state index contributed by atoms with van der Waals surface area (Å²) in [5.41, 5.74) is 8.18. The van der Waals surface area contributed by atoms with Gasteiger partial charge in [-0.1, -0.05) is 48.1 Å². The van der Waals surface area contributed by atoms with Gasteiger partial charge in [0.05, 0.1) is 5.69 Å². The van der Waals surface area contributed by atoms with Gasteiger partial charge < -0.3 is 21.3 Å². The molecule has 2 aromatic carbocycles. The van der Waals surface area contributed by atoms with Crippen molar-refractivity contribution in [1.29, 1.82) is 0 Å². The summed E-state index contributed by atoms with van der Waals surface area (Å²) in [5.74, 6) is -0.168. The summed E-state index contributed by atoms with van der Waals surface area (Å²) in [7, 11) is 0. The van der Waals surface area contributed by atoms with Crippen LogP contribution in [0, 0.1) is 0 Å². The van der Waals surface area contributed by atoms with Gasteiger partial charge in [-0.15, -0.1) is 0 Å². The minimum Gasteiger partial charge on any atom is -0.507 e. The van der Waals surface area contributed by atoms with E-state index in [0.717, 1.165) is 11.1 Å². The van der Waals surface area contributed by atoms with Gasteiger partial charge in [0.2, 0.25) is 0 Å². The maximum Gasteiger partial charge on any atom is 0.255 e. The Balaban J connectivity index is 2.46. The van der Waals surface area contributed by atoms with Crippen LogP contribution in [-0.4, -0.2) is 16.1 Å². The summed E-state index contributed by atoms with van der Waals surface area (Å²) in [6.07, 6.45) is 0. The molecule has 5 nitrogen and oxygen atoms in total. The Hall–Kier alpha value is -2.95. The maximum atomic E-state index is 12.7. The minimum absolute atomic E-state index is 0.0417. The first kappa shape index (κ1) is 21.4. The van der Waals surface area contributed by atoms with E-state index in [9.17, 15) is 15.0 Å². The molecule has 5 heteroatoms. The third kappa shape index (κ3) is 4.47. The molecule has 0 spiro atoms. The van der Waals surface area contributed by atoms with Crippen LogP contribution in [0.3, 0.4) is 0 Å². The molecule has 1 amide bonds. The number of carbonyl (C=O) groups is 1. The number of nitrogen functional groups attached to an aromatic ring is 1. The Morgan fingerprint density at radius 1 is 0.964 bits per heavy atom. The summed E-state index contributed by atoms with van der Waals surface area (Å²) >= 11 is 0. The normalized spacial score (nSPS) is 11.9. The third-order valence-corrected chi connectivity index (χ3v) is 4.63. The van der Waals surface area contributed by atoms with Gasteiger partial charge in [-0.3, -0.25) is 4.79 Å². The van der Waals surface area contributed by atoms with Crippen molar-refractivity contribution < 1.29 is 15.0 Å². The number of hydrogen-bond donors (Lipinski definition) is 4. The Labute approximate surface area is 166 Å². The zero-order chi connectivity index (χ0) is 21.4. The number of carbonyl (C=O) groups excluding carboxylic acids is 1. The van der Waals surface area contributed by atoms with E-state index in [1.807, 2.05) is 53.7 Å². The Morgan fingerprint density at radius 2 is 1.46 bits per heavy atom. The number of amides is 1. The van der Waals surface area contributed by atoms with Crippen LogP contribution in [0.2, 0.25) is 0 Å². The van der Waals surface area contributed by atoms with Gasteiger partial charge in [0, 0.05) is 22.4 Å². The smallest absolute Gasteiger partial charge is 0.255 e. The molecule has 5 N–H and O–H groups in total. The van der Waals surface area contributed by atoms with Crippen molar-refractivity contribution in [3.63, 3.8) is 0 Å². The first-order valence-electron chi connectivity index (χ1n) is 9.19. The zero-order valence-corrected chi connectivity index (χ0v) is 17.5. The molecule has 2 rings (SSSR count). The molecule has 28 heavy (non-hydrogen) atoms. The molecule has 0 radical (unpaired) electrons. The van der Waals surface area contributed by atoms with Crippen LogP contribution in [0.5, 0.6) is 11.5 Å². The predicted molar refractivity (Wildman–Crippen MR) is 116 cm³/mol. The molecule has 0 atom stereocenters. The second kappa shape index (κ2) is 7.23. The van der Waals surface area contributed by atoms with E-state index < -0.39 is 0 Å². The Morgan fingerprint density at radius 3 is 1.89 bits per heavy atom. The van der Waals surface area contributed by atoms with E-state index in [4.69, 9.17) is 5.73 Å². The number of nitrogens with two attached hydrogens (primary N) is 1. The number of phenolic OH excluding ortho intramolecular Hbond substituents is 2. The van der Waals surface area contributed by atoms with Gasteiger partial charge in [-0.25, -0.2) is 0 Å². The highest BCUT2D eigenvalue weighted by molar-refractivity contribution is 6.24. The fourth-order valence-corrected chi connectivity index (χ4v) is 2.92. The number of phenols is 2. The maximum absolute atomic E-state index is 12.7. The Kier molecular flexibility index (Phi) is 5.51. The largest absolute Gasteiger partial charge is 0.507 e. The van der Waals surface area contributed by atoms with Crippen molar-refractivity contribution >= 4 is 22.9 Å². The highest BCUT2D eigenvalue weighted by Crippen LogP contribution is 2.41. The van der Waals surface area contributed by atoms with Gasteiger partial charge in [0.25, 0.3) is 5.91 Å². The number of rotatable bonds is 3. The molecule has 0 aliphatic heterocycles. The summed E-state index contributed by atoms with van der Waals surface area (Å²) < 4.78 is 0. The second-order valence-electron chi connectivity index (χ2n) is 9.13. The van der Waals surface area contributed by atoms with E-state index in [0.29, 0.717) is 11.3 Å². The van der Waals surface area contributed by atoms with Crippen LogP contribution in [0.15, 0.2) is 36.9 Å². The van der Waals surface area contributed by atoms with Crippen LogP contribution in [-0.2, 0) is 15.6 Å². The molecule has 0 unspecified atom stereocenters. The molecule has 0 fully saturated rings. The lowest BCUT2D eigenvalue weighted by Crippen LogP contribution is -2.19. The van der Waals surface area contributed by atoms with E-state index >= 15 is 0 Å². The molecule has 0 aromatic heterocycles. The fraction of sp³-hybridized carbons (Fsp3) is 0.348. The molecule has 150 valence electrons. The summed E-state index contributed by atoms with van der Waals surface area (Å²) in [5, 5.41) is 23.1. The van der Waals surface area contributed by atoms with E-state index in [1.54, 1.807) is 6.07 Å². The van der Waals surface area contributed by atoms with Gasteiger partial charge in [-0.2, -0.15) is 0 Å². The molecule has 0 saturated heterocycles. The first-order valence-corrected chi connectivity index (χ1v) is 9.19. The number of nitrogens with one attached hydrogen (secondary N) is 1. The molecule has 2 aromatic rings. The van der Waals surface area contributed by atoms with Crippen molar-refractivity contribution in [3.8, 4) is 11.5 Å². The van der Waals surface area contributed by atoms with Crippen molar-refractivity contribution in [1.82, 2.24) is 0 Å². The second-order valence-corrected chi connectivity index (χ2v) is 9.13. The van der Waals surface area contributed by atoms with E-state index in [1.165, 1.54) is 12.1 Å². The third-order valence-electron chi connectivity index (χ3n) is 4.63. The molecule has 0 aliphatic rings. The molecule has 0 saturated carbocycles. The quantitative estimate of drug-likeness (QED) is 0.262. The van der Waals surface area contributed by atoms with Crippen molar-refractivity contribution in [2.75, 3.05) is 11.1 Å². The van der Waals surface area contributed by atoms with Crippen molar-refractivity contribution in [2.24, 2.45) is 0 Å². The van der Waals surface area contributed by atoms with Crippen molar-refractivity contribution in [3.05, 3.63) is 53.6 Å². The number of anilines is 2. The monoisotopic (exact) mass is 382 g/mol. The molecular weight excluding hydrogens is 352 g/mol. The van der Waals surface area contributed by atoms with Gasteiger partial charge >= 0.3 is 0 Å². The molecule has 0 heterocycles. The van der Waals surface area contributed by atoms with E-state index in [2.05, 4.69) is 11.9 Å². The topological polar surface area (TPSA) is 95.6 Å².